The Morgan fingerprint density at radius 1 is 0.529 bits per heavy atom. The smallest absolute Gasteiger partial charge is 0.164 e. The zero-order chi connectivity index (χ0) is 24.7. The monoisotopic (exact) mass is 451 g/mol. The van der Waals surface area contributed by atoms with Gasteiger partial charge in [-0.15, -0.1) is 0 Å². The first-order valence-electron chi connectivity index (χ1n) is 12.3. The number of benzene rings is 3. The van der Waals surface area contributed by atoms with E-state index in [0.29, 0.717) is 29.3 Å². The lowest BCUT2D eigenvalue weighted by Gasteiger charge is -2.34. The van der Waals surface area contributed by atoms with Crippen molar-refractivity contribution in [2.75, 3.05) is 0 Å². The van der Waals surface area contributed by atoms with Crippen LogP contribution in [-0.2, 0) is 0 Å². The van der Waals surface area contributed by atoms with Crippen molar-refractivity contribution in [2.45, 2.75) is 54.4 Å². The Bertz CT molecular complexity index is 1100. The van der Waals surface area contributed by atoms with Crippen LogP contribution in [0.15, 0.2) is 84.9 Å². The van der Waals surface area contributed by atoms with Gasteiger partial charge in [-0.25, -0.2) is 15.0 Å². The van der Waals surface area contributed by atoms with Gasteiger partial charge in [-0.05, 0) is 22.8 Å². The number of aromatic nitrogens is 3. The molecule has 0 spiro atoms. The summed E-state index contributed by atoms with van der Waals surface area (Å²) in [5.41, 5.74) is 4.53. The Hall–Kier alpha value is -3.33. The van der Waals surface area contributed by atoms with Gasteiger partial charge in [0.15, 0.2) is 17.5 Å². The van der Waals surface area contributed by atoms with Gasteiger partial charge < -0.3 is 0 Å². The molecule has 0 saturated heterocycles. The third-order valence-electron chi connectivity index (χ3n) is 5.83. The Morgan fingerprint density at radius 3 is 1.21 bits per heavy atom. The number of rotatable bonds is 5. The molecule has 3 aromatic carbocycles. The summed E-state index contributed by atoms with van der Waals surface area (Å²) in [5.74, 6) is 3.12. The summed E-state index contributed by atoms with van der Waals surface area (Å²) in [4.78, 5) is 14.4. The Morgan fingerprint density at radius 2 is 0.882 bits per heavy atom. The number of hydrogen-bond donors (Lipinski definition) is 0. The highest BCUT2D eigenvalue weighted by Crippen LogP contribution is 2.41. The van der Waals surface area contributed by atoms with E-state index in [0.717, 1.165) is 16.7 Å². The molecule has 0 fully saturated rings. The number of hydrogen-bond acceptors (Lipinski definition) is 3. The fraction of sp³-hybridized carbons (Fsp3) is 0.323. The summed E-state index contributed by atoms with van der Waals surface area (Å²) in [6.07, 6.45) is 0. The van der Waals surface area contributed by atoms with Gasteiger partial charge in [0.2, 0.25) is 0 Å². The van der Waals surface area contributed by atoms with Gasteiger partial charge in [0.05, 0.1) is 0 Å². The second-order valence-corrected chi connectivity index (χ2v) is 9.75. The third kappa shape index (κ3) is 5.96. The summed E-state index contributed by atoms with van der Waals surface area (Å²) in [7, 11) is 0. The van der Waals surface area contributed by atoms with E-state index in [1.165, 1.54) is 5.56 Å². The highest BCUT2D eigenvalue weighted by molar-refractivity contribution is 5.66. The maximum absolute atomic E-state index is 4.84. The molecular weight excluding hydrogens is 414 g/mol. The van der Waals surface area contributed by atoms with Crippen LogP contribution in [0.5, 0.6) is 0 Å². The highest BCUT2D eigenvalue weighted by atomic mass is 15.0. The molecule has 0 amide bonds. The predicted molar refractivity (Wildman–Crippen MR) is 145 cm³/mol. The summed E-state index contributed by atoms with van der Waals surface area (Å²) in [5, 5.41) is 0. The van der Waals surface area contributed by atoms with E-state index in [9.17, 15) is 0 Å². The van der Waals surface area contributed by atoms with Crippen molar-refractivity contribution in [1.82, 2.24) is 15.0 Å². The first-order valence-corrected chi connectivity index (χ1v) is 12.3. The fourth-order valence-corrected chi connectivity index (χ4v) is 4.66. The van der Waals surface area contributed by atoms with Crippen molar-refractivity contribution >= 4 is 0 Å². The summed E-state index contributed by atoms with van der Waals surface area (Å²) >= 11 is 0. The Labute approximate surface area is 205 Å². The van der Waals surface area contributed by atoms with Gasteiger partial charge in [-0.1, -0.05) is 133 Å². The first kappa shape index (κ1) is 25.3. The molecule has 4 aromatic rings. The van der Waals surface area contributed by atoms with Crippen LogP contribution in [0.2, 0.25) is 0 Å². The van der Waals surface area contributed by atoms with Crippen molar-refractivity contribution in [3.63, 3.8) is 0 Å². The molecule has 1 unspecified atom stereocenters. The van der Waals surface area contributed by atoms with E-state index >= 15 is 0 Å². The van der Waals surface area contributed by atoms with Crippen molar-refractivity contribution < 1.29 is 0 Å². The quantitative estimate of drug-likeness (QED) is 0.304. The molecule has 34 heavy (non-hydrogen) atoms. The minimum absolute atomic E-state index is 0.198. The molecule has 0 radical (unpaired) electrons. The summed E-state index contributed by atoms with van der Waals surface area (Å²) in [6.45, 7) is 15.5. The van der Waals surface area contributed by atoms with E-state index < -0.39 is 0 Å². The van der Waals surface area contributed by atoms with Crippen molar-refractivity contribution in [3.8, 4) is 34.2 Å². The van der Waals surface area contributed by atoms with E-state index in [-0.39, 0.29) is 5.41 Å². The minimum atomic E-state index is 0.198. The van der Waals surface area contributed by atoms with Crippen LogP contribution in [0.25, 0.3) is 34.2 Å². The summed E-state index contributed by atoms with van der Waals surface area (Å²) < 4.78 is 0. The minimum Gasteiger partial charge on any atom is -0.208 e. The average molecular weight is 452 g/mol. The SMILES string of the molecule is CC.CC(C)C(c1ccc(-c2nc(-c3ccccc3)nc(-c3ccccc3)n2)cc1)C(C)(C)C. The fourth-order valence-electron chi connectivity index (χ4n) is 4.66. The van der Waals surface area contributed by atoms with E-state index in [1.54, 1.807) is 0 Å². The molecule has 0 aliphatic carbocycles. The van der Waals surface area contributed by atoms with Crippen LogP contribution in [0, 0.1) is 11.3 Å². The van der Waals surface area contributed by atoms with Gasteiger partial charge in [0, 0.05) is 16.7 Å². The van der Waals surface area contributed by atoms with Gasteiger partial charge in [0.25, 0.3) is 0 Å². The second-order valence-electron chi connectivity index (χ2n) is 9.75. The van der Waals surface area contributed by atoms with Crippen molar-refractivity contribution in [2.24, 2.45) is 11.3 Å². The maximum Gasteiger partial charge on any atom is 0.164 e. The van der Waals surface area contributed by atoms with E-state index in [4.69, 9.17) is 15.0 Å². The molecule has 0 saturated carbocycles. The molecule has 0 N–H and O–H groups in total. The molecule has 1 heterocycles. The average Bonchev–Trinajstić information content (AvgIpc) is 2.85. The molecule has 0 bridgehead atoms. The van der Waals surface area contributed by atoms with Crippen molar-refractivity contribution in [3.05, 3.63) is 90.5 Å². The topological polar surface area (TPSA) is 38.7 Å². The molecule has 1 atom stereocenters. The third-order valence-corrected chi connectivity index (χ3v) is 5.83. The number of nitrogens with zero attached hydrogens (tertiary/aromatic N) is 3. The van der Waals surface area contributed by atoms with Crippen LogP contribution in [0.3, 0.4) is 0 Å². The lowest BCUT2D eigenvalue weighted by atomic mass is 9.70. The molecule has 1 aromatic heterocycles. The highest BCUT2D eigenvalue weighted by Gasteiger charge is 2.29. The van der Waals surface area contributed by atoms with Crippen LogP contribution >= 0.6 is 0 Å². The largest absolute Gasteiger partial charge is 0.208 e. The molecular formula is C31H37N3. The van der Waals surface area contributed by atoms with E-state index in [1.807, 2.05) is 74.5 Å². The van der Waals surface area contributed by atoms with Gasteiger partial charge >= 0.3 is 0 Å². The van der Waals surface area contributed by atoms with Gasteiger partial charge in [-0.3, -0.25) is 0 Å². The molecule has 176 valence electrons. The van der Waals surface area contributed by atoms with E-state index in [2.05, 4.69) is 58.9 Å². The zero-order valence-corrected chi connectivity index (χ0v) is 21.6. The van der Waals surface area contributed by atoms with Crippen LogP contribution in [0.4, 0.5) is 0 Å². The van der Waals surface area contributed by atoms with Crippen molar-refractivity contribution in [1.29, 1.82) is 0 Å². The molecule has 3 nitrogen and oxygen atoms in total. The van der Waals surface area contributed by atoms with Crippen LogP contribution < -0.4 is 0 Å². The molecule has 3 heteroatoms. The lowest BCUT2D eigenvalue weighted by molar-refractivity contribution is 0.258. The Kier molecular flexibility index (Phi) is 8.33. The standard InChI is InChI=1S/C29H31N3.C2H6/c1-20(2)25(29(3,4)5)21-16-18-24(19-17-21)28-31-26(22-12-8-6-9-13-22)30-27(32-28)23-14-10-7-11-15-23;1-2/h6-20,25H,1-5H3;1-2H3. The molecule has 0 aliphatic heterocycles. The van der Waals surface area contributed by atoms with Crippen LogP contribution in [-0.4, -0.2) is 15.0 Å². The Balaban J connectivity index is 0.00000158. The predicted octanol–water partition coefficient (Wildman–Crippen LogP) is 8.68. The lowest BCUT2D eigenvalue weighted by Crippen LogP contribution is -2.23. The normalized spacial score (nSPS) is 12.1. The van der Waals surface area contributed by atoms with Gasteiger partial charge in [0.1, 0.15) is 0 Å². The molecule has 0 aliphatic rings. The van der Waals surface area contributed by atoms with Crippen LogP contribution in [0.1, 0.15) is 59.9 Å². The molecule has 4 rings (SSSR count). The van der Waals surface area contributed by atoms with Gasteiger partial charge in [-0.2, -0.15) is 0 Å². The summed E-state index contributed by atoms with van der Waals surface area (Å²) in [6, 6.07) is 28.9. The second kappa shape index (κ2) is 11.2. The maximum atomic E-state index is 4.84. The zero-order valence-electron chi connectivity index (χ0n) is 21.6. The first-order chi connectivity index (χ1) is 16.3.